The Morgan fingerprint density at radius 1 is 0.947 bits per heavy atom. The number of benzene rings is 2. The van der Waals surface area contributed by atoms with Crippen LogP contribution in [0, 0.1) is 17.8 Å². The van der Waals surface area contributed by atoms with Crippen LogP contribution in [0.1, 0.15) is 119 Å². The molecule has 4 fully saturated rings. The van der Waals surface area contributed by atoms with E-state index in [1.807, 2.05) is 93.0 Å². The van der Waals surface area contributed by atoms with Crippen LogP contribution in [-0.2, 0) is 22.6 Å². The number of likely N-dealkylation sites (tertiary alicyclic amines) is 3. The van der Waals surface area contributed by atoms with Crippen molar-refractivity contribution < 1.29 is 24.6 Å². The minimum absolute atomic E-state index is 0.0325. The molecule has 18 heteroatoms. The Morgan fingerprint density at radius 3 is 2.36 bits per heavy atom. The number of fused-ring (bicyclic) bond motifs is 3. The number of urea groups is 1. The van der Waals surface area contributed by atoms with E-state index in [-0.39, 0.29) is 54.6 Å². The SMILES string of the molecule is CC[C@H]1c2c([nH]c3nnc(-c4ccccc4O)cc23)CCN1c1ncc(C2CCN(C3CC4(CCN(C(=O)N[C@H](C(=O)N5C[C@H](O)C[C@H]5C(=O)NCc5ccc(-c6scnc6C)cc5)C(C)(C)C)CC4)C3)CC2)cn1. The first-order valence-corrected chi connectivity index (χ1v) is 27.8. The van der Waals surface area contributed by atoms with E-state index in [1.165, 1.54) is 21.7 Å². The van der Waals surface area contributed by atoms with Crippen LogP contribution in [0.4, 0.5) is 10.7 Å². The molecule has 2 aromatic carbocycles. The van der Waals surface area contributed by atoms with Crippen molar-refractivity contribution in [3.63, 3.8) is 0 Å². The number of thiazole rings is 1. The number of nitrogens with one attached hydrogen (secondary N) is 3. The van der Waals surface area contributed by atoms with Crippen molar-refractivity contribution in [3.05, 3.63) is 101 Å². The predicted molar refractivity (Wildman–Crippen MR) is 289 cm³/mol. The van der Waals surface area contributed by atoms with Gasteiger partial charge in [-0.05, 0) is 117 Å². The molecule has 1 spiro atoms. The molecule has 6 aromatic rings. The van der Waals surface area contributed by atoms with Crippen molar-refractivity contribution in [2.75, 3.05) is 44.2 Å². The van der Waals surface area contributed by atoms with Gasteiger partial charge in [0.25, 0.3) is 0 Å². The van der Waals surface area contributed by atoms with E-state index in [9.17, 15) is 24.6 Å². The molecule has 0 radical (unpaired) electrons. The Hall–Kier alpha value is -6.50. The summed E-state index contributed by atoms with van der Waals surface area (Å²) >= 11 is 1.59. The molecule has 5 aliphatic rings. The number of hydrogen-bond acceptors (Lipinski definition) is 13. The summed E-state index contributed by atoms with van der Waals surface area (Å²) < 4.78 is 0. The van der Waals surface area contributed by atoms with Crippen molar-refractivity contribution in [2.24, 2.45) is 10.8 Å². The highest BCUT2D eigenvalue weighted by atomic mass is 32.1. The fourth-order valence-electron chi connectivity index (χ4n) is 12.7. The van der Waals surface area contributed by atoms with E-state index in [1.54, 1.807) is 23.5 Å². The number of aromatic amines is 1. The summed E-state index contributed by atoms with van der Waals surface area (Å²) in [6.07, 6.45) is 11.4. The quantitative estimate of drug-likeness (QED) is 0.0840. The van der Waals surface area contributed by atoms with Crippen LogP contribution in [0.5, 0.6) is 5.75 Å². The predicted octanol–water partition coefficient (Wildman–Crippen LogP) is 7.89. The van der Waals surface area contributed by atoms with Gasteiger partial charge < -0.3 is 45.4 Å². The molecule has 1 aliphatic carbocycles. The number of carbonyl (C=O) groups is 3. The molecule has 5 N–H and O–H groups in total. The number of aromatic nitrogens is 6. The Kier molecular flexibility index (Phi) is 13.9. The Bertz CT molecular complexity index is 3040. The van der Waals surface area contributed by atoms with Gasteiger partial charge in [-0.1, -0.05) is 64.1 Å². The van der Waals surface area contributed by atoms with E-state index in [2.05, 4.69) is 47.5 Å². The number of aryl methyl sites for hydroxylation is 1. The van der Waals surface area contributed by atoms with Crippen LogP contribution >= 0.6 is 11.3 Å². The number of carbonyl (C=O) groups excluding carboxylic acids is 3. The van der Waals surface area contributed by atoms with Gasteiger partial charge in [0.05, 0.1) is 33.9 Å². The summed E-state index contributed by atoms with van der Waals surface area (Å²) in [5.41, 5.74) is 10.0. The second-order valence-electron chi connectivity index (χ2n) is 22.9. The maximum atomic E-state index is 14.3. The number of anilines is 1. The van der Waals surface area contributed by atoms with Gasteiger partial charge in [0.15, 0.2) is 5.65 Å². The van der Waals surface area contributed by atoms with E-state index in [0.29, 0.717) is 36.3 Å². The number of H-pyrrole nitrogens is 1. The minimum atomic E-state index is -0.883. The van der Waals surface area contributed by atoms with Gasteiger partial charge in [0.2, 0.25) is 17.8 Å². The van der Waals surface area contributed by atoms with Gasteiger partial charge in [-0.25, -0.2) is 19.7 Å². The standard InChI is InChI=1S/C57H70N12O5S/c1-6-45-48-42-26-44(41-9-7-8-10-47(41)71)64-65-51(42)62-43(48)17-22-68(45)54-59-30-38(31-60-54)36-15-20-66(21-16-36)39-27-57(28-39)18-23-67(24-19-57)55(74)63-50(56(3,4)5)53(73)69-32-40(70)25-46(69)52(72)58-29-35-11-13-37(14-12-35)49-34(2)61-33-75-49/h7-14,26,30-31,33,36,39-40,45-46,50,70-71H,6,15-25,27-29,32H2,1-5H3,(H,58,72)(H,62,65)(H,63,74)/t40-,45+,46+,50-/m1/s1. The van der Waals surface area contributed by atoms with Crippen LogP contribution in [-0.4, -0.2) is 136 Å². The smallest absolute Gasteiger partial charge is 0.318 e. The minimum Gasteiger partial charge on any atom is -0.507 e. The number of hydrogen-bond donors (Lipinski definition) is 5. The summed E-state index contributed by atoms with van der Waals surface area (Å²) in [6.45, 7) is 14.4. The van der Waals surface area contributed by atoms with E-state index in [4.69, 9.17) is 9.97 Å². The summed E-state index contributed by atoms with van der Waals surface area (Å²) in [6, 6.07) is 15.9. The summed E-state index contributed by atoms with van der Waals surface area (Å²) in [4.78, 5) is 69.2. The maximum absolute atomic E-state index is 14.3. The number of nitrogens with zero attached hydrogens (tertiary/aromatic N) is 9. The molecule has 3 saturated heterocycles. The highest BCUT2D eigenvalue weighted by molar-refractivity contribution is 7.13. The number of β-amino-alcohol motifs (C(OH)–C–C–N with tert-alkyl or cyclic N) is 1. The number of piperidine rings is 2. The molecule has 75 heavy (non-hydrogen) atoms. The monoisotopic (exact) mass is 1030 g/mol. The summed E-state index contributed by atoms with van der Waals surface area (Å²) in [5.74, 6) is 0.657. The second-order valence-corrected chi connectivity index (χ2v) is 23.8. The molecule has 4 atom stereocenters. The molecule has 17 nitrogen and oxygen atoms in total. The number of aromatic hydroxyl groups is 1. The zero-order valence-corrected chi connectivity index (χ0v) is 44.6. The van der Waals surface area contributed by atoms with Crippen LogP contribution in [0.15, 0.2) is 72.5 Å². The summed E-state index contributed by atoms with van der Waals surface area (Å²) in [7, 11) is 0. The third-order valence-electron chi connectivity index (χ3n) is 17.1. The van der Waals surface area contributed by atoms with Gasteiger partial charge in [0.1, 0.15) is 17.8 Å². The average Bonchev–Trinajstić information content (AvgIpc) is 4.14. The number of phenols is 1. The van der Waals surface area contributed by atoms with E-state index < -0.39 is 23.6 Å². The van der Waals surface area contributed by atoms with Gasteiger partial charge in [-0.3, -0.25) is 9.59 Å². The highest BCUT2D eigenvalue weighted by Crippen LogP contribution is 2.52. The number of para-hydroxylation sites is 1. The molecule has 0 bridgehead atoms. The first-order chi connectivity index (χ1) is 36.1. The fraction of sp³-hybridized carbons (Fsp3) is 0.509. The van der Waals surface area contributed by atoms with Crippen LogP contribution in [0.3, 0.4) is 0 Å². The lowest BCUT2D eigenvalue weighted by atomic mass is 9.59. The molecule has 394 valence electrons. The summed E-state index contributed by atoms with van der Waals surface area (Å²) in [5, 5.41) is 37.4. The van der Waals surface area contributed by atoms with Crippen molar-refractivity contribution >= 4 is 46.2 Å². The van der Waals surface area contributed by atoms with Crippen molar-refractivity contribution in [2.45, 2.75) is 135 Å². The topological polar surface area (TPSA) is 209 Å². The highest BCUT2D eigenvalue weighted by Gasteiger charge is 2.50. The van der Waals surface area contributed by atoms with Gasteiger partial charge >= 0.3 is 6.03 Å². The molecule has 8 heterocycles. The number of aliphatic hydroxyl groups excluding tert-OH is 1. The molecular weight excluding hydrogens is 965 g/mol. The lowest BCUT2D eigenvalue weighted by molar-refractivity contribution is -0.142. The second kappa shape index (κ2) is 20.6. The normalized spacial score (nSPS) is 21.8. The molecule has 1 saturated carbocycles. The molecular formula is C57H70N12O5S. The third kappa shape index (κ3) is 10.1. The van der Waals surface area contributed by atoms with Gasteiger partial charge in [-0.15, -0.1) is 21.5 Å². The van der Waals surface area contributed by atoms with Crippen LogP contribution in [0.2, 0.25) is 0 Å². The Balaban J connectivity index is 0.645. The van der Waals surface area contributed by atoms with Crippen molar-refractivity contribution in [3.8, 4) is 27.4 Å². The molecule has 4 amide bonds. The van der Waals surface area contributed by atoms with Crippen LogP contribution in [0.25, 0.3) is 32.7 Å². The lowest BCUT2D eigenvalue weighted by Gasteiger charge is -2.56. The fourth-order valence-corrected chi connectivity index (χ4v) is 13.6. The number of rotatable bonds is 11. The first kappa shape index (κ1) is 50.6. The zero-order chi connectivity index (χ0) is 52.2. The Labute approximate surface area is 442 Å². The number of aliphatic hydroxyl groups is 1. The molecule has 11 rings (SSSR count). The first-order valence-electron chi connectivity index (χ1n) is 27.0. The lowest BCUT2D eigenvalue weighted by Crippen LogP contribution is -2.61. The van der Waals surface area contributed by atoms with Crippen molar-refractivity contribution in [1.82, 2.24) is 55.5 Å². The van der Waals surface area contributed by atoms with Crippen LogP contribution < -0.4 is 15.5 Å². The van der Waals surface area contributed by atoms with E-state index >= 15 is 0 Å². The largest absolute Gasteiger partial charge is 0.507 e. The van der Waals surface area contributed by atoms with E-state index in [0.717, 1.165) is 110 Å². The van der Waals surface area contributed by atoms with Crippen molar-refractivity contribution in [1.29, 1.82) is 0 Å². The third-order valence-corrected chi connectivity index (χ3v) is 18.1. The van der Waals surface area contributed by atoms with Gasteiger partial charge in [-0.2, -0.15) is 0 Å². The maximum Gasteiger partial charge on any atom is 0.318 e. The Morgan fingerprint density at radius 2 is 1.68 bits per heavy atom. The zero-order valence-electron chi connectivity index (χ0n) is 43.8. The molecule has 4 aromatic heterocycles. The molecule has 0 unspecified atom stereocenters. The number of amides is 4. The van der Waals surface area contributed by atoms with Gasteiger partial charge in [0, 0.05) is 86.2 Å². The molecule has 4 aliphatic heterocycles. The number of phenolic OH excluding ortho intramolecular Hbond substituents is 1. The average molecular weight is 1040 g/mol.